The Balaban J connectivity index is 1.59. The number of carbonyl (C=O) groups is 1. The van der Waals surface area contributed by atoms with Crippen molar-refractivity contribution in [2.75, 3.05) is 11.1 Å². The van der Waals surface area contributed by atoms with Crippen molar-refractivity contribution in [2.24, 2.45) is 5.92 Å². The van der Waals surface area contributed by atoms with Gasteiger partial charge in [0.05, 0.1) is 17.0 Å². The molecular formula is C19H19F3N4O2S2. The van der Waals surface area contributed by atoms with Crippen LogP contribution in [-0.2, 0) is 23.1 Å². The van der Waals surface area contributed by atoms with Gasteiger partial charge in [-0.15, -0.1) is 11.8 Å². The molecule has 1 N–H and O–H groups in total. The number of fused-ring (bicyclic) bond motifs is 1. The maximum Gasteiger partial charge on any atom is 0.416 e. The highest BCUT2D eigenvalue weighted by Crippen LogP contribution is 2.30. The molecule has 3 rings (SSSR count). The van der Waals surface area contributed by atoms with Gasteiger partial charge in [-0.05, 0) is 24.1 Å². The normalized spacial score (nSPS) is 11.9. The first kappa shape index (κ1) is 22.3. The van der Waals surface area contributed by atoms with E-state index in [9.17, 15) is 22.8 Å². The molecule has 0 bridgehead atoms. The Hall–Kier alpha value is -2.40. The number of nitrogens with one attached hydrogen (secondary N) is 1. The highest BCUT2D eigenvalue weighted by Gasteiger charge is 2.30. The summed E-state index contributed by atoms with van der Waals surface area (Å²) in [4.78, 5) is 29.2. The number of rotatable bonds is 7. The molecule has 0 aliphatic heterocycles. The minimum absolute atomic E-state index is 0.0125. The largest absolute Gasteiger partial charge is 0.416 e. The quantitative estimate of drug-likeness (QED) is 0.576. The third-order valence-corrected chi connectivity index (χ3v) is 5.78. The Bertz CT molecular complexity index is 1110. The molecule has 2 aromatic heterocycles. The SMILES string of the molecule is CC(C)Cc1nn2c(=O)cc(CSCC(=O)Nc3cccc(C(F)(F)F)c3)nc2s1. The lowest BCUT2D eigenvalue weighted by atomic mass is 10.1. The van der Waals surface area contributed by atoms with Gasteiger partial charge in [-0.3, -0.25) is 9.59 Å². The summed E-state index contributed by atoms with van der Waals surface area (Å²) < 4.78 is 39.5. The smallest absolute Gasteiger partial charge is 0.325 e. The molecule has 3 aromatic rings. The summed E-state index contributed by atoms with van der Waals surface area (Å²) in [6.45, 7) is 4.13. The topological polar surface area (TPSA) is 76.4 Å². The number of hydrogen-bond donors (Lipinski definition) is 1. The maximum absolute atomic E-state index is 12.7. The number of hydrogen-bond acceptors (Lipinski definition) is 6. The van der Waals surface area contributed by atoms with Crippen LogP contribution in [0, 0.1) is 5.92 Å². The molecule has 11 heteroatoms. The first-order valence-corrected chi connectivity index (χ1v) is 11.0. The second-order valence-electron chi connectivity index (χ2n) is 6.99. The van der Waals surface area contributed by atoms with Gasteiger partial charge in [0.1, 0.15) is 5.01 Å². The standard InChI is InChI=1S/C19H19F3N4O2S2/c1-11(2)6-16-25-26-17(28)8-14(24-18(26)30-16)9-29-10-15(27)23-13-5-3-4-12(7-13)19(20,21)22/h3-5,7-8,11H,6,9-10H2,1-2H3,(H,23,27). The van der Waals surface area contributed by atoms with Crippen molar-refractivity contribution in [3.8, 4) is 0 Å². The average Bonchev–Trinajstić information content (AvgIpc) is 3.03. The second kappa shape index (κ2) is 9.17. The van der Waals surface area contributed by atoms with E-state index in [0.717, 1.165) is 23.6 Å². The Kier molecular flexibility index (Phi) is 6.81. The van der Waals surface area contributed by atoms with Crippen LogP contribution in [0.2, 0.25) is 0 Å². The van der Waals surface area contributed by atoms with Gasteiger partial charge in [0.25, 0.3) is 5.56 Å². The second-order valence-corrected chi connectivity index (χ2v) is 9.02. The number of amides is 1. The molecule has 0 radical (unpaired) electrons. The maximum atomic E-state index is 12.7. The van der Waals surface area contributed by atoms with E-state index in [0.29, 0.717) is 22.3 Å². The molecule has 0 atom stereocenters. The lowest BCUT2D eigenvalue weighted by Gasteiger charge is -2.09. The third kappa shape index (κ3) is 5.82. The van der Waals surface area contributed by atoms with Crippen LogP contribution < -0.4 is 10.9 Å². The summed E-state index contributed by atoms with van der Waals surface area (Å²) >= 11 is 2.58. The minimum Gasteiger partial charge on any atom is -0.325 e. The minimum atomic E-state index is -4.47. The first-order valence-electron chi connectivity index (χ1n) is 9.05. The van der Waals surface area contributed by atoms with Gasteiger partial charge in [-0.25, -0.2) is 4.98 Å². The van der Waals surface area contributed by atoms with E-state index in [-0.39, 0.29) is 17.0 Å². The van der Waals surface area contributed by atoms with Crippen molar-refractivity contribution in [1.82, 2.24) is 14.6 Å². The monoisotopic (exact) mass is 456 g/mol. The Morgan fingerprint density at radius 2 is 2.07 bits per heavy atom. The predicted molar refractivity (Wildman–Crippen MR) is 112 cm³/mol. The molecule has 0 aliphatic carbocycles. The van der Waals surface area contributed by atoms with Crippen LogP contribution in [0.25, 0.3) is 4.96 Å². The molecule has 1 amide bonds. The molecular weight excluding hydrogens is 437 g/mol. The number of anilines is 1. The van der Waals surface area contributed by atoms with Crippen molar-refractivity contribution in [1.29, 1.82) is 0 Å². The summed E-state index contributed by atoms with van der Waals surface area (Å²) in [7, 11) is 0. The van der Waals surface area contributed by atoms with Crippen LogP contribution >= 0.6 is 23.1 Å². The number of thioether (sulfide) groups is 1. The van der Waals surface area contributed by atoms with Gasteiger partial charge in [-0.1, -0.05) is 31.3 Å². The predicted octanol–water partition coefficient (Wildman–Crippen LogP) is 4.24. The molecule has 0 aliphatic rings. The van der Waals surface area contributed by atoms with E-state index in [2.05, 4.69) is 29.2 Å². The molecule has 0 saturated carbocycles. The van der Waals surface area contributed by atoms with Crippen molar-refractivity contribution < 1.29 is 18.0 Å². The Labute approximate surface area is 178 Å². The van der Waals surface area contributed by atoms with E-state index in [4.69, 9.17) is 0 Å². The van der Waals surface area contributed by atoms with Gasteiger partial charge in [0, 0.05) is 23.9 Å². The fourth-order valence-corrected chi connectivity index (χ4v) is 4.47. The highest BCUT2D eigenvalue weighted by molar-refractivity contribution is 7.99. The fraction of sp³-hybridized carbons (Fsp3) is 0.368. The number of benzene rings is 1. The van der Waals surface area contributed by atoms with E-state index in [1.165, 1.54) is 45.8 Å². The molecule has 6 nitrogen and oxygen atoms in total. The summed E-state index contributed by atoms with van der Waals surface area (Å²) in [6.07, 6.45) is -3.72. The van der Waals surface area contributed by atoms with Crippen LogP contribution in [0.1, 0.15) is 30.1 Å². The number of nitrogens with zero attached hydrogens (tertiary/aromatic N) is 3. The van der Waals surface area contributed by atoms with Crippen LogP contribution in [0.3, 0.4) is 0 Å². The summed E-state index contributed by atoms with van der Waals surface area (Å²) in [5.74, 6) is 0.304. The van der Waals surface area contributed by atoms with Crippen LogP contribution in [0.4, 0.5) is 18.9 Å². The molecule has 2 heterocycles. The number of alkyl halides is 3. The van der Waals surface area contributed by atoms with Crippen molar-refractivity contribution in [2.45, 2.75) is 32.2 Å². The molecule has 0 fully saturated rings. The number of aromatic nitrogens is 3. The van der Waals surface area contributed by atoms with Gasteiger partial charge in [-0.2, -0.15) is 22.8 Å². The van der Waals surface area contributed by atoms with Gasteiger partial charge in [0.2, 0.25) is 10.9 Å². The summed E-state index contributed by atoms with van der Waals surface area (Å²) in [5, 5.41) is 7.56. The van der Waals surface area contributed by atoms with Gasteiger partial charge >= 0.3 is 6.18 Å². The molecule has 0 spiro atoms. The zero-order valence-corrected chi connectivity index (χ0v) is 17.8. The van der Waals surface area contributed by atoms with E-state index in [1.807, 2.05) is 0 Å². The fourth-order valence-electron chi connectivity index (χ4n) is 2.62. The Morgan fingerprint density at radius 3 is 2.77 bits per heavy atom. The summed E-state index contributed by atoms with van der Waals surface area (Å²) in [6, 6.07) is 5.84. The first-order chi connectivity index (χ1) is 14.1. The molecule has 0 unspecified atom stereocenters. The summed E-state index contributed by atoms with van der Waals surface area (Å²) in [5.41, 5.74) is -0.505. The lowest BCUT2D eigenvalue weighted by Crippen LogP contribution is -2.17. The van der Waals surface area contributed by atoms with Crippen molar-refractivity contribution >= 4 is 39.7 Å². The average molecular weight is 457 g/mol. The zero-order valence-electron chi connectivity index (χ0n) is 16.2. The molecule has 160 valence electrons. The van der Waals surface area contributed by atoms with E-state index < -0.39 is 17.6 Å². The lowest BCUT2D eigenvalue weighted by molar-refractivity contribution is -0.137. The van der Waals surface area contributed by atoms with Gasteiger partial charge < -0.3 is 5.32 Å². The van der Waals surface area contributed by atoms with E-state index in [1.54, 1.807) is 0 Å². The van der Waals surface area contributed by atoms with Gasteiger partial charge in [0.15, 0.2) is 0 Å². The molecule has 0 saturated heterocycles. The van der Waals surface area contributed by atoms with E-state index >= 15 is 0 Å². The van der Waals surface area contributed by atoms with Crippen LogP contribution in [-0.4, -0.2) is 26.3 Å². The van der Waals surface area contributed by atoms with Crippen LogP contribution in [0.5, 0.6) is 0 Å². The van der Waals surface area contributed by atoms with Crippen molar-refractivity contribution in [3.63, 3.8) is 0 Å². The highest BCUT2D eigenvalue weighted by atomic mass is 32.2. The molecule has 1 aromatic carbocycles. The number of carbonyl (C=O) groups excluding carboxylic acids is 1. The zero-order chi connectivity index (χ0) is 21.9. The Morgan fingerprint density at radius 1 is 1.30 bits per heavy atom. The van der Waals surface area contributed by atoms with Crippen molar-refractivity contribution in [3.05, 3.63) is 57.0 Å². The van der Waals surface area contributed by atoms with Crippen LogP contribution in [0.15, 0.2) is 35.1 Å². The number of halogens is 3. The third-order valence-electron chi connectivity index (χ3n) is 3.88. The molecule has 30 heavy (non-hydrogen) atoms.